The van der Waals surface area contributed by atoms with Crippen LogP contribution in [0.2, 0.25) is 0 Å². The third kappa shape index (κ3) is 4.44. The number of benzene rings is 8. The maximum atomic E-state index is 10.3. The van der Waals surface area contributed by atoms with Crippen molar-refractivity contribution in [1.29, 1.82) is 0 Å². The number of anilines is 3. The fraction of sp³-hybridized carbons (Fsp3) is 0. The monoisotopic (exact) mass is 640 g/mol. The zero-order valence-corrected chi connectivity index (χ0v) is 25.5. The molecule has 2 heterocycles. The summed E-state index contributed by atoms with van der Waals surface area (Å²) in [5.41, 5.74) is 2.10. The molecule has 0 atom stereocenters. The van der Waals surface area contributed by atoms with Crippen molar-refractivity contribution in [3.8, 4) is 44.9 Å². The zero-order chi connectivity index (χ0) is 43.6. The smallest absolute Gasteiger partial charge is 0.135 e. The predicted molar refractivity (Wildman–Crippen MR) is 202 cm³/mol. The molecule has 1 aliphatic heterocycles. The number of para-hydroxylation sites is 3. The number of hydrogen-bond donors (Lipinski definition) is 0. The molecule has 0 fully saturated rings. The number of hydrogen-bond acceptors (Lipinski definition) is 3. The fourth-order valence-corrected chi connectivity index (χ4v) is 6.52. The van der Waals surface area contributed by atoms with Crippen LogP contribution in [0, 0.1) is 0 Å². The maximum absolute atomic E-state index is 10.3. The summed E-state index contributed by atoms with van der Waals surface area (Å²) in [5.74, 6) is -1.04. The number of nitrogens with zero attached hydrogens (tertiary/aromatic N) is 1. The van der Waals surface area contributed by atoms with Crippen molar-refractivity contribution in [2.75, 3.05) is 4.90 Å². The Morgan fingerprint density at radius 1 is 0.490 bits per heavy atom. The van der Waals surface area contributed by atoms with Gasteiger partial charge in [-0.1, -0.05) is 121 Å². The van der Waals surface area contributed by atoms with E-state index in [1.165, 1.54) is 0 Å². The SMILES string of the molecule is [2H]c1c([2H])c([2H])c2c(c1[2H])Oc1c([2H])c([2H])c(N(c3ccc4oc5ccccc5c4c3)c3ccccc3-c3ccccc3)c([2H])c1-c1c-2c([2H])c([2H])c2c([2H])c([2H])c([2H])c([2H])c12. The number of furan rings is 1. The molecule has 230 valence electrons. The zero-order valence-electron chi connectivity index (χ0n) is 38.5. The Morgan fingerprint density at radius 3 is 2.22 bits per heavy atom. The Labute approximate surface area is 302 Å². The fourth-order valence-electron chi connectivity index (χ4n) is 6.52. The average molecular weight is 641 g/mol. The average Bonchev–Trinajstić information content (AvgIpc) is 3.57. The van der Waals surface area contributed by atoms with Crippen LogP contribution in [0.1, 0.15) is 17.8 Å². The van der Waals surface area contributed by atoms with Crippen molar-refractivity contribution in [2.24, 2.45) is 0 Å². The van der Waals surface area contributed by atoms with Crippen LogP contribution in [0.3, 0.4) is 0 Å². The molecule has 0 aliphatic carbocycles. The highest BCUT2D eigenvalue weighted by atomic mass is 16.5. The highest BCUT2D eigenvalue weighted by molar-refractivity contribution is 6.09. The Morgan fingerprint density at radius 2 is 1.27 bits per heavy atom. The van der Waals surface area contributed by atoms with Gasteiger partial charge in [-0.3, -0.25) is 0 Å². The van der Waals surface area contributed by atoms with Gasteiger partial charge in [0.2, 0.25) is 0 Å². The van der Waals surface area contributed by atoms with E-state index in [9.17, 15) is 6.85 Å². The topological polar surface area (TPSA) is 25.6 Å². The first-order valence-corrected chi connectivity index (χ1v) is 15.5. The summed E-state index contributed by atoms with van der Waals surface area (Å²) in [6, 6.07) is 21.2. The van der Waals surface area contributed by atoms with E-state index >= 15 is 0 Å². The molecule has 49 heavy (non-hydrogen) atoms. The standard InChI is InChI=1S/C46H29NO2/c1-2-12-30(13-3-1)34-15-6-9-19-41(34)47(32-23-26-44-39(28-32)37-18-8-11-21-43(37)48-44)33-24-27-45-40(29-33)46-35-16-5-4-14-31(35)22-25-38(46)36-17-7-10-20-42(36)49-45/h1-29H/i4D,5D,7D,10D,14D,16D,17D,20D,22D,24D,25D,27D,29D. The van der Waals surface area contributed by atoms with Crippen molar-refractivity contribution >= 4 is 49.8 Å². The molecule has 3 nitrogen and oxygen atoms in total. The Hall–Kier alpha value is -6.58. The van der Waals surface area contributed by atoms with Crippen molar-refractivity contribution in [1.82, 2.24) is 0 Å². The lowest BCUT2D eigenvalue weighted by atomic mass is 9.89. The van der Waals surface area contributed by atoms with Crippen molar-refractivity contribution in [2.45, 2.75) is 0 Å². The van der Waals surface area contributed by atoms with Gasteiger partial charge in [0.1, 0.15) is 22.7 Å². The largest absolute Gasteiger partial charge is 0.456 e. The molecule has 9 aromatic rings. The van der Waals surface area contributed by atoms with E-state index in [-0.39, 0.29) is 33.2 Å². The normalized spacial score (nSPS) is 15.6. The van der Waals surface area contributed by atoms with Crippen LogP contribution in [0.15, 0.2) is 180 Å². The van der Waals surface area contributed by atoms with Crippen LogP contribution < -0.4 is 9.64 Å². The molecule has 3 heteroatoms. The summed E-state index contributed by atoms with van der Waals surface area (Å²) < 4.78 is 131. The summed E-state index contributed by atoms with van der Waals surface area (Å²) in [4.78, 5) is 1.65. The second-order valence-corrected chi connectivity index (χ2v) is 11.5. The van der Waals surface area contributed by atoms with Gasteiger partial charge in [0.25, 0.3) is 0 Å². The minimum Gasteiger partial charge on any atom is -0.456 e. The minimum atomic E-state index is -0.708. The molecule has 0 unspecified atom stereocenters. The molecule has 1 aromatic heterocycles. The van der Waals surface area contributed by atoms with Gasteiger partial charge in [-0.05, 0) is 76.4 Å². The van der Waals surface area contributed by atoms with E-state index in [0.29, 0.717) is 28.1 Å². The predicted octanol–water partition coefficient (Wildman–Crippen LogP) is 13.3. The Balaban J connectivity index is 1.41. The highest BCUT2D eigenvalue weighted by Gasteiger charge is 2.25. The number of ether oxygens (including phenoxy) is 1. The summed E-state index contributed by atoms with van der Waals surface area (Å²) in [5, 5.41) is 0.823. The van der Waals surface area contributed by atoms with Crippen LogP contribution in [0.4, 0.5) is 17.1 Å². The molecule has 0 spiro atoms. The van der Waals surface area contributed by atoms with E-state index in [4.69, 9.17) is 20.1 Å². The number of fused-ring (bicyclic) bond motifs is 10. The molecule has 0 N–H and O–H groups in total. The molecule has 0 bridgehead atoms. The van der Waals surface area contributed by atoms with Crippen LogP contribution in [-0.2, 0) is 0 Å². The summed E-state index contributed by atoms with van der Waals surface area (Å²) in [7, 11) is 0. The van der Waals surface area contributed by atoms with Crippen LogP contribution in [-0.4, -0.2) is 0 Å². The van der Waals surface area contributed by atoms with Gasteiger partial charge in [0.15, 0.2) is 0 Å². The maximum Gasteiger partial charge on any atom is 0.135 e. The molecule has 8 aromatic carbocycles. The molecule has 10 rings (SSSR count). The molecule has 0 amide bonds. The van der Waals surface area contributed by atoms with Gasteiger partial charge in [-0.25, -0.2) is 0 Å². The number of rotatable bonds is 4. The van der Waals surface area contributed by atoms with Crippen molar-refractivity contribution in [3.63, 3.8) is 0 Å². The first kappa shape index (κ1) is 17.5. The van der Waals surface area contributed by atoms with E-state index in [2.05, 4.69) is 0 Å². The van der Waals surface area contributed by atoms with E-state index in [1.807, 2.05) is 72.8 Å². The lowest BCUT2D eigenvalue weighted by Gasteiger charge is -2.29. The van der Waals surface area contributed by atoms with Crippen molar-refractivity contribution in [3.05, 3.63) is 176 Å². The third-order valence-electron chi connectivity index (χ3n) is 8.69. The lowest BCUT2D eigenvalue weighted by Crippen LogP contribution is -2.11. The lowest BCUT2D eigenvalue weighted by molar-refractivity contribution is 0.488. The van der Waals surface area contributed by atoms with Gasteiger partial charge in [0, 0.05) is 44.4 Å². The van der Waals surface area contributed by atoms with Crippen LogP contribution in [0.25, 0.3) is 66.1 Å². The quantitative estimate of drug-likeness (QED) is 0.191. The van der Waals surface area contributed by atoms with E-state index in [1.54, 1.807) is 29.2 Å². The second-order valence-electron chi connectivity index (χ2n) is 11.5. The van der Waals surface area contributed by atoms with Crippen molar-refractivity contribution < 1.29 is 27.0 Å². The summed E-state index contributed by atoms with van der Waals surface area (Å²) in [6.45, 7) is 0. The van der Waals surface area contributed by atoms with Crippen LogP contribution >= 0.6 is 0 Å². The Bertz CT molecular complexity index is 3440. The first-order chi connectivity index (χ1) is 29.7. The second kappa shape index (κ2) is 11.0. The Kier molecular flexibility index (Phi) is 3.94. The summed E-state index contributed by atoms with van der Waals surface area (Å²) in [6.07, 6.45) is 0. The first-order valence-electron chi connectivity index (χ1n) is 22.0. The molecule has 1 aliphatic rings. The van der Waals surface area contributed by atoms with E-state index in [0.717, 1.165) is 16.3 Å². The van der Waals surface area contributed by atoms with Crippen LogP contribution in [0.5, 0.6) is 11.5 Å². The highest BCUT2D eigenvalue weighted by Crippen LogP contribution is 2.52. The molecule has 0 saturated carbocycles. The van der Waals surface area contributed by atoms with E-state index < -0.39 is 95.6 Å². The van der Waals surface area contributed by atoms with Gasteiger partial charge in [-0.15, -0.1) is 0 Å². The minimum absolute atomic E-state index is 0.167. The van der Waals surface area contributed by atoms with Gasteiger partial charge in [0.05, 0.1) is 23.5 Å². The van der Waals surface area contributed by atoms with Gasteiger partial charge >= 0.3 is 0 Å². The molecular formula is C46H29NO2. The molecule has 0 radical (unpaired) electrons. The molecule has 0 saturated heterocycles. The third-order valence-corrected chi connectivity index (χ3v) is 8.69. The van der Waals surface area contributed by atoms with Gasteiger partial charge in [-0.2, -0.15) is 0 Å². The van der Waals surface area contributed by atoms with Gasteiger partial charge < -0.3 is 14.1 Å². The molecular weight excluding hydrogens is 599 g/mol. The summed E-state index contributed by atoms with van der Waals surface area (Å²) >= 11 is 0.